The number of nitrogens with zero attached hydrogens (tertiary/aromatic N) is 1. The van der Waals surface area contributed by atoms with Crippen LogP contribution in [-0.4, -0.2) is 36.2 Å². The summed E-state index contributed by atoms with van der Waals surface area (Å²) >= 11 is 0. The maximum Gasteiger partial charge on any atom is 0.141 e. The van der Waals surface area contributed by atoms with Gasteiger partial charge in [0.2, 0.25) is 0 Å². The number of aliphatic hydroxyl groups is 1. The highest BCUT2D eigenvalue weighted by Crippen LogP contribution is 2.25. The first kappa shape index (κ1) is 11.6. The maximum absolute atomic E-state index is 10.6. The zero-order valence-corrected chi connectivity index (χ0v) is 10.0. The van der Waals surface area contributed by atoms with Gasteiger partial charge in [-0.05, 0) is 19.4 Å². The summed E-state index contributed by atoms with van der Waals surface area (Å²) in [6.07, 6.45) is 0. The molecule has 1 saturated heterocycles. The summed E-state index contributed by atoms with van der Waals surface area (Å²) in [6, 6.07) is 8.11. The molecule has 16 heavy (non-hydrogen) atoms. The smallest absolute Gasteiger partial charge is 0.141 e. The molecule has 1 fully saturated rings. The molecule has 1 aromatic rings. The highest BCUT2D eigenvalue weighted by molar-refractivity contribution is 5.26. The summed E-state index contributed by atoms with van der Waals surface area (Å²) in [7, 11) is 0. The Kier molecular flexibility index (Phi) is 3.28. The monoisotopic (exact) mass is 220 g/mol. The molecule has 3 nitrogen and oxygen atoms in total. The van der Waals surface area contributed by atoms with Crippen molar-refractivity contribution in [1.29, 1.82) is 0 Å². The van der Waals surface area contributed by atoms with E-state index in [9.17, 15) is 5.11 Å². The van der Waals surface area contributed by atoms with E-state index in [1.807, 2.05) is 19.1 Å². The summed E-state index contributed by atoms with van der Waals surface area (Å²) in [5.41, 5.74) is 1.32. The van der Waals surface area contributed by atoms with Crippen molar-refractivity contribution < 1.29 is 5.11 Å². The van der Waals surface area contributed by atoms with Crippen LogP contribution < -0.4 is 5.32 Å². The molecule has 1 aliphatic heterocycles. The molecule has 0 radical (unpaired) electrons. The molecule has 0 bridgehead atoms. The van der Waals surface area contributed by atoms with E-state index in [2.05, 4.69) is 29.3 Å². The average Bonchev–Trinajstić information content (AvgIpc) is 2.30. The first-order valence-corrected chi connectivity index (χ1v) is 5.86. The van der Waals surface area contributed by atoms with Crippen LogP contribution in [0.4, 0.5) is 0 Å². The van der Waals surface area contributed by atoms with Crippen LogP contribution in [0.2, 0.25) is 0 Å². The Balaban J connectivity index is 2.22. The zero-order chi connectivity index (χ0) is 11.6. The van der Waals surface area contributed by atoms with Gasteiger partial charge in [0.05, 0.1) is 0 Å². The van der Waals surface area contributed by atoms with Crippen molar-refractivity contribution in [3.63, 3.8) is 0 Å². The van der Waals surface area contributed by atoms with E-state index in [4.69, 9.17) is 0 Å². The largest absolute Gasteiger partial charge is 0.372 e. The molecular weight excluding hydrogens is 200 g/mol. The second-order valence-corrected chi connectivity index (χ2v) is 4.63. The van der Waals surface area contributed by atoms with Crippen LogP contribution in [0, 0.1) is 6.92 Å². The molecular formula is C13H20N2O. The molecule has 3 heteroatoms. The van der Waals surface area contributed by atoms with Gasteiger partial charge in [-0.3, -0.25) is 4.90 Å². The van der Waals surface area contributed by atoms with Crippen LogP contribution in [0.3, 0.4) is 0 Å². The van der Waals surface area contributed by atoms with Gasteiger partial charge in [-0.1, -0.05) is 29.8 Å². The van der Waals surface area contributed by atoms with Crippen molar-refractivity contribution in [1.82, 2.24) is 10.2 Å². The molecule has 1 heterocycles. The lowest BCUT2D eigenvalue weighted by molar-refractivity contribution is -0.105. The third kappa shape index (κ3) is 2.26. The minimum Gasteiger partial charge on any atom is -0.372 e. The summed E-state index contributed by atoms with van der Waals surface area (Å²) in [5, 5.41) is 13.9. The molecule has 1 aromatic carbocycles. The van der Waals surface area contributed by atoms with Gasteiger partial charge in [-0.15, -0.1) is 0 Å². The van der Waals surface area contributed by atoms with E-state index in [0.29, 0.717) is 0 Å². The van der Waals surface area contributed by atoms with Crippen LogP contribution in [0.1, 0.15) is 18.1 Å². The van der Waals surface area contributed by atoms with E-state index in [-0.39, 0.29) is 0 Å². The maximum atomic E-state index is 10.6. The normalized spacial score (nSPS) is 21.7. The molecule has 0 saturated carbocycles. The number of rotatable bonds is 2. The van der Waals surface area contributed by atoms with Crippen LogP contribution in [0.25, 0.3) is 0 Å². The first-order chi connectivity index (χ1) is 7.60. The molecule has 1 unspecified atom stereocenters. The third-order valence-electron chi connectivity index (χ3n) is 3.30. The van der Waals surface area contributed by atoms with Crippen LogP contribution in [0.15, 0.2) is 24.3 Å². The average molecular weight is 220 g/mol. The molecule has 0 spiro atoms. The number of nitrogens with one attached hydrogen (secondary N) is 1. The quantitative estimate of drug-likeness (QED) is 0.782. The first-order valence-electron chi connectivity index (χ1n) is 5.86. The van der Waals surface area contributed by atoms with Gasteiger partial charge in [0.1, 0.15) is 5.72 Å². The van der Waals surface area contributed by atoms with Gasteiger partial charge in [0.15, 0.2) is 0 Å². The molecule has 2 N–H and O–H groups in total. The summed E-state index contributed by atoms with van der Waals surface area (Å²) < 4.78 is 0. The Morgan fingerprint density at radius 3 is 2.62 bits per heavy atom. The highest BCUT2D eigenvalue weighted by Gasteiger charge is 2.31. The van der Waals surface area contributed by atoms with Gasteiger partial charge in [0, 0.05) is 26.2 Å². The lowest BCUT2D eigenvalue weighted by Gasteiger charge is -2.40. The minimum absolute atomic E-state index is 0.853. The zero-order valence-electron chi connectivity index (χ0n) is 10.0. The van der Waals surface area contributed by atoms with Crippen molar-refractivity contribution in [2.24, 2.45) is 0 Å². The fourth-order valence-electron chi connectivity index (χ4n) is 2.22. The van der Waals surface area contributed by atoms with Crippen molar-refractivity contribution in [3.8, 4) is 0 Å². The SMILES string of the molecule is Cc1cccc(C(C)(O)N2CCNCC2)c1. The van der Waals surface area contributed by atoms with Crippen LogP contribution in [-0.2, 0) is 5.72 Å². The lowest BCUT2D eigenvalue weighted by atomic mass is 10.00. The Hall–Kier alpha value is -0.900. The van der Waals surface area contributed by atoms with E-state index >= 15 is 0 Å². The Morgan fingerprint density at radius 1 is 1.31 bits per heavy atom. The van der Waals surface area contributed by atoms with Crippen molar-refractivity contribution in [2.45, 2.75) is 19.6 Å². The van der Waals surface area contributed by atoms with Crippen LogP contribution >= 0.6 is 0 Å². The van der Waals surface area contributed by atoms with Gasteiger partial charge in [-0.25, -0.2) is 0 Å². The van der Waals surface area contributed by atoms with E-state index in [1.165, 1.54) is 5.56 Å². The Morgan fingerprint density at radius 2 is 2.00 bits per heavy atom. The molecule has 1 atom stereocenters. The fraction of sp³-hybridized carbons (Fsp3) is 0.538. The predicted octanol–water partition coefficient (Wildman–Crippen LogP) is 1.07. The van der Waals surface area contributed by atoms with Gasteiger partial charge >= 0.3 is 0 Å². The lowest BCUT2D eigenvalue weighted by Crippen LogP contribution is -2.53. The van der Waals surface area contributed by atoms with Gasteiger partial charge in [0.25, 0.3) is 0 Å². The molecule has 0 aliphatic carbocycles. The number of benzene rings is 1. The Labute approximate surface area is 97.1 Å². The topological polar surface area (TPSA) is 35.5 Å². The van der Waals surface area contributed by atoms with Gasteiger partial charge in [-0.2, -0.15) is 0 Å². The standard InChI is InChI=1S/C13H20N2O/c1-11-4-3-5-12(10-11)13(2,16)15-8-6-14-7-9-15/h3-5,10,14,16H,6-9H2,1-2H3. The Bertz CT molecular complexity index is 357. The second kappa shape index (κ2) is 4.53. The summed E-state index contributed by atoms with van der Waals surface area (Å²) in [4.78, 5) is 2.12. The third-order valence-corrected chi connectivity index (χ3v) is 3.30. The van der Waals surface area contributed by atoms with Crippen molar-refractivity contribution >= 4 is 0 Å². The number of hydrogen-bond donors (Lipinski definition) is 2. The van der Waals surface area contributed by atoms with E-state index in [1.54, 1.807) is 0 Å². The number of hydrogen-bond acceptors (Lipinski definition) is 3. The minimum atomic E-state index is -0.853. The number of piperazine rings is 1. The van der Waals surface area contributed by atoms with Gasteiger partial charge < -0.3 is 10.4 Å². The summed E-state index contributed by atoms with van der Waals surface area (Å²) in [5.74, 6) is 0. The van der Waals surface area contributed by atoms with E-state index < -0.39 is 5.72 Å². The van der Waals surface area contributed by atoms with Crippen LogP contribution in [0.5, 0.6) is 0 Å². The molecule has 1 aliphatic rings. The number of aryl methyl sites for hydroxylation is 1. The van der Waals surface area contributed by atoms with Crippen molar-refractivity contribution in [3.05, 3.63) is 35.4 Å². The van der Waals surface area contributed by atoms with E-state index in [0.717, 1.165) is 31.7 Å². The molecule has 0 amide bonds. The summed E-state index contributed by atoms with van der Waals surface area (Å²) in [6.45, 7) is 7.61. The van der Waals surface area contributed by atoms with Crippen molar-refractivity contribution in [2.75, 3.05) is 26.2 Å². The fourth-order valence-corrected chi connectivity index (χ4v) is 2.22. The predicted molar refractivity (Wildman–Crippen MR) is 65.2 cm³/mol. The molecule has 0 aromatic heterocycles. The molecule has 88 valence electrons. The second-order valence-electron chi connectivity index (χ2n) is 4.63. The molecule has 2 rings (SSSR count). The highest BCUT2D eigenvalue weighted by atomic mass is 16.3.